The molecule has 0 radical (unpaired) electrons. The van der Waals surface area contributed by atoms with Gasteiger partial charge in [-0.15, -0.1) is 0 Å². The van der Waals surface area contributed by atoms with E-state index in [4.69, 9.17) is 9.47 Å². The van der Waals surface area contributed by atoms with Crippen LogP contribution in [0.5, 0.6) is 11.5 Å². The maximum atomic E-state index is 13.4. The minimum atomic E-state index is -0.274. The van der Waals surface area contributed by atoms with E-state index >= 15 is 0 Å². The number of carbonyl (C=O) groups is 2. The highest BCUT2D eigenvalue weighted by molar-refractivity contribution is 8.24. The van der Waals surface area contributed by atoms with E-state index in [1.807, 2.05) is 12.1 Å². The number of ether oxygens (including phenoxy) is 2. The molecule has 8 heteroatoms. The van der Waals surface area contributed by atoms with Crippen molar-refractivity contribution in [2.24, 2.45) is 11.8 Å². The van der Waals surface area contributed by atoms with Gasteiger partial charge in [0.05, 0.1) is 25.9 Å². The van der Waals surface area contributed by atoms with Crippen LogP contribution in [0.15, 0.2) is 80.3 Å². The number of carbonyl (C=O) groups excluding carboxylic acids is 2. The molecule has 3 aliphatic rings. The summed E-state index contributed by atoms with van der Waals surface area (Å²) in [6.07, 6.45) is 7.73. The zero-order chi connectivity index (χ0) is 32.9. The molecule has 2 saturated carbocycles. The quantitative estimate of drug-likeness (QED) is 0.140. The van der Waals surface area contributed by atoms with Crippen LogP contribution in [-0.2, 0) is 16.0 Å². The molecule has 1 heterocycles. The Bertz CT molecular complexity index is 1740. The van der Waals surface area contributed by atoms with Crippen molar-refractivity contribution < 1.29 is 19.1 Å². The van der Waals surface area contributed by atoms with Gasteiger partial charge in [-0.25, -0.2) is 0 Å². The Morgan fingerprint density at radius 1 is 0.681 bits per heavy atom. The van der Waals surface area contributed by atoms with E-state index < -0.39 is 0 Å². The van der Waals surface area contributed by atoms with Gasteiger partial charge in [0.15, 0.2) is 0 Å². The van der Waals surface area contributed by atoms with Gasteiger partial charge in [-0.2, -0.15) is 10.5 Å². The molecular weight excluding hydrogens is 625 g/mol. The van der Waals surface area contributed by atoms with E-state index in [0.717, 1.165) is 57.8 Å². The summed E-state index contributed by atoms with van der Waals surface area (Å²) >= 11 is 2.43. The molecule has 0 amide bonds. The summed E-state index contributed by atoms with van der Waals surface area (Å²) in [6.45, 7) is 4.24. The fraction of sp³-hybridized carbons (Fsp3) is 0.385. The van der Waals surface area contributed by atoms with Crippen molar-refractivity contribution in [3.05, 3.63) is 92.7 Å². The molecule has 2 fully saturated rings. The summed E-state index contributed by atoms with van der Waals surface area (Å²) < 4.78 is 12.5. The van der Waals surface area contributed by atoms with Crippen LogP contribution in [0, 0.1) is 41.4 Å². The van der Waals surface area contributed by atoms with E-state index in [1.54, 1.807) is 12.1 Å². The molecule has 0 spiro atoms. The maximum absolute atomic E-state index is 13.4. The highest BCUT2D eigenvalue weighted by Gasteiger charge is 2.34. The third kappa shape index (κ3) is 7.45. The maximum Gasteiger partial charge on any atom is 0.314 e. The summed E-state index contributed by atoms with van der Waals surface area (Å²) in [5.41, 5.74) is 5.19. The van der Waals surface area contributed by atoms with Crippen molar-refractivity contribution in [2.75, 3.05) is 0 Å². The molecule has 240 valence electrons. The predicted octanol–water partition coefficient (Wildman–Crippen LogP) is 9.77. The van der Waals surface area contributed by atoms with Crippen LogP contribution in [0.3, 0.4) is 0 Å². The molecule has 0 aromatic heterocycles. The number of allylic oxidation sites excluding steroid dienone is 1. The summed E-state index contributed by atoms with van der Waals surface area (Å²) in [6, 6.07) is 24.7. The Labute approximate surface area is 285 Å². The Hall–Kier alpha value is -3.98. The van der Waals surface area contributed by atoms with E-state index in [9.17, 15) is 20.1 Å². The number of benzene rings is 3. The summed E-state index contributed by atoms with van der Waals surface area (Å²) in [5, 5.41) is 19.1. The monoisotopic (exact) mass is 662 g/mol. The molecule has 0 unspecified atom stereocenters. The van der Waals surface area contributed by atoms with Crippen LogP contribution in [0.1, 0.15) is 92.4 Å². The smallest absolute Gasteiger partial charge is 0.314 e. The van der Waals surface area contributed by atoms with Crippen molar-refractivity contribution in [3.8, 4) is 23.6 Å². The van der Waals surface area contributed by atoms with Gasteiger partial charge < -0.3 is 9.47 Å². The number of aryl methyl sites for hydroxylation is 2. The van der Waals surface area contributed by atoms with Gasteiger partial charge in [-0.1, -0.05) is 84.5 Å². The third-order valence-corrected chi connectivity index (χ3v) is 12.4. The van der Waals surface area contributed by atoms with Gasteiger partial charge in [0, 0.05) is 0 Å². The first-order valence-electron chi connectivity index (χ1n) is 16.5. The molecule has 3 aromatic rings. The Kier molecular flexibility index (Phi) is 10.4. The minimum absolute atomic E-state index is 0.0227. The molecular formula is C39H38N2O4S2. The lowest BCUT2D eigenvalue weighted by Gasteiger charge is -2.28. The van der Waals surface area contributed by atoms with E-state index in [-0.39, 0.29) is 29.3 Å². The minimum Gasteiger partial charge on any atom is -0.425 e. The van der Waals surface area contributed by atoms with Crippen LogP contribution in [0.4, 0.5) is 0 Å². The first-order chi connectivity index (χ1) is 22.9. The zero-order valence-corrected chi connectivity index (χ0v) is 28.4. The normalized spacial score (nSPS) is 22.0. The fourth-order valence-electron chi connectivity index (χ4n) is 6.88. The number of nitrogens with zero attached hydrogens (tertiary/aromatic N) is 2. The topological polar surface area (TPSA) is 100 Å². The molecule has 47 heavy (non-hydrogen) atoms. The van der Waals surface area contributed by atoms with Gasteiger partial charge in [0.1, 0.15) is 29.2 Å². The number of fused-ring (bicyclic) bond motifs is 1. The molecule has 6 nitrogen and oxygen atoms in total. The van der Waals surface area contributed by atoms with Crippen LogP contribution >= 0.6 is 23.5 Å². The molecule has 0 bridgehead atoms. The number of hydrogen-bond acceptors (Lipinski definition) is 8. The van der Waals surface area contributed by atoms with Crippen molar-refractivity contribution in [1.82, 2.24) is 0 Å². The number of esters is 2. The van der Waals surface area contributed by atoms with Crippen molar-refractivity contribution in [1.29, 1.82) is 10.5 Å². The average molecular weight is 663 g/mol. The summed E-state index contributed by atoms with van der Waals surface area (Å²) in [4.78, 5) is 28.0. The Balaban J connectivity index is 1.13. The largest absolute Gasteiger partial charge is 0.425 e. The lowest BCUT2D eigenvalue weighted by Crippen LogP contribution is -2.26. The highest BCUT2D eigenvalue weighted by Crippen LogP contribution is 2.59. The molecule has 1 aliphatic heterocycles. The van der Waals surface area contributed by atoms with Crippen LogP contribution < -0.4 is 9.47 Å². The van der Waals surface area contributed by atoms with Gasteiger partial charge in [0.25, 0.3) is 0 Å². The van der Waals surface area contributed by atoms with Crippen molar-refractivity contribution >= 4 is 35.5 Å². The standard InChI is InChI=1S/C39H38N2O4S2/c1-3-25-6-10-27(11-7-25)29-14-18-31(19-15-29)38(43)45-34-21-20-33(35-36(34)47-39(46-35)32(22-40)23-41)44-37(42)30-16-12-28(13-17-30)26-8-4-24(2)5-9-26/h4-11,20-21,28-31H,3,12-19H2,1-2H3. The SMILES string of the molecule is CCc1ccc(C2CCC(C(=O)Oc3ccc(OC(=O)C4CCC(c5ccc(C)cc5)CC4)c4c3SC(=C(C#N)C#N)S4)CC2)cc1. The molecule has 0 atom stereocenters. The Morgan fingerprint density at radius 3 is 1.51 bits per heavy atom. The molecule has 3 aromatic carbocycles. The first kappa shape index (κ1) is 32.9. The number of hydrogen-bond donors (Lipinski definition) is 0. The summed E-state index contributed by atoms with van der Waals surface area (Å²) in [7, 11) is 0. The second-order valence-electron chi connectivity index (χ2n) is 12.8. The lowest BCUT2D eigenvalue weighted by molar-refractivity contribution is -0.141. The van der Waals surface area contributed by atoms with Gasteiger partial charge in [0.2, 0.25) is 0 Å². The van der Waals surface area contributed by atoms with Crippen LogP contribution in [0.25, 0.3) is 0 Å². The number of thioether (sulfide) groups is 2. The van der Waals surface area contributed by atoms with Crippen LogP contribution in [0.2, 0.25) is 0 Å². The van der Waals surface area contributed by atoms with Crippen molar-refractivity contribution in [3.63, 3.8) is 0 Å². The van der Waals surface area contributed by atoms with E-state index in [0.29, 0.717) is 37.4 Å². The van der Waals surface area contributed by atoms with Gasteiger partial charge >= 0.3 is 11.9 Å². The lowest BCUT2D eigenvalue weighted by atomic mass is 9.78. The van der Waals surface area contributed by atoms with Crippen molar-refractivity contribution in [2.45, 2.75) is 93.3 Å². The van der Waals surface area contributed by atoms with Gasteiger partial charge in [-0.05, 0) is 105 Å². The second-order valence-corrected chi connectivity index (χ2v) is 15.1. The Morgan fingerprint density at radius 2 is 1.11 bits per heavy atom. The third-order valence-electron chi connectivity index (χ3n) is 9.81. The number of nitriles is 2. The van der Waals surface area contributed by atoms with E-state index in [1.165, 1.54) is 45.8 Å². The summed E-state index contributed by atoms with van der Waals surface area (Å²) in [5.74, 6) is 0.659. The molecule has 0 saturated heterocycles. The van der Waals surface area contributed by atoms with E-state index in [2.05, 4.69) is 62.4 Å². The molecule has 6 rings (SSSR count). The predicted molar refractivity (Wildman–Crippen MR) is 184 cm³/mol. The first-order valence-corrected chi connectivity index (χ1v) is 18.2. The van der Waals surface area contributed by atoms with Gasteiger partial charge in [-0.3, -0.25) is 9.59 Å². The van der Waals surface area contributed by atoms with Crippen LogP contribution in [-0.4, -0.2) is 11.9 Å². The number of rotatable bonds is 7. The molecule has 2 aliphatic carbocycles. The second kappa shape index (κ2) is 14.8. The molecule has 0 N–H and O–H groups in total. The fourth-order valence-corrected chi connectivity index (χ4v) is 9.36. The highest BCUT2D eigenvalue weighted by atomic mass is 32.2. The average Bonchev–Trinajstić information content (AvgIpc) is 3.56. The zero-order valence-electron chi connectivity index (χ0n) is 26.8.